The standard InChI is InChI=1S/C43H55N3O8.H2O/c1-28-8-9-29(2)45(28)32-13-16-36-39(25-32)54-40-26-33(46-30(3)10-12-34(46)27-48)14-17-37(40)41(36)38-24-31(11-15-35(38)43(50)51)42(49)44-18-21-53-23-22-52-20-7-5-4-6-19-47;/h11,13-17,24-26,28-30,34,47-48H,4-10,12,18-23,27H2,1-3H3,(H-,44,49,50,51);1H2/p+1/t28-,29+,30-,34-;/m0./s1. The van der Waals surface area contributed by atoms with Gasteiger partial charge >= 0.3 is 5.97 Å². The Balaban J connectivity index is 0.00000580. The molecule has 12 nitrogen and oxygen atoms in total. The summed E-state index contributed by atoms with van der Waals surface area (Å²) in [6.07, 6.45) is 7.87. The molecule has 6 rings (SSSR count). The molecule has 2 saturated heterocycles. The minimum atomic E-state index is -1.09. The highest BCUT2D eigenvalue weighted by molar-refractivity contribution is 6.09. The number of nitrogens with one attached hydrogen (secondary N) is 1. The smallest absolute Gasteiger partial charge is 0.336 e. The van der Waals surface area contributed by atoms with Crippen LogP contribution in [0.5, 0.6) is 0 Å². The van der Waals surface area contributed by atoms with Crippen molar-refractivity contribution in [3.8, 4) is 22.5 Å². The maximum Gasteiger partial charge on any atom is 0.336 e. The summed E-state index contributed by atoms with van der Waals surface area (Å²) in [5, 5.41) is 34.1. The van der Waals surface area contributed by atoms with Gasteiger partial charge in [-0.05, 0) is 88.4 Å². The number of anilines is 1. The zero-order valence-electron chi connectivity index (χ0n) is 32.4. The van der Waals surface area contributed by atoms with Gasteiger partial charge in [-0.15, -0.1) is 0 Å². The summed E-state index contributed by atoms with van der Waals surface area (Å²) in [4.78, 5) is 28.6. The van der Waals surface area contributed by atoms with Gasteiger partial charge in [0.15, 0.2) is 12.1 Å². The minimum Gasteiger partial charge on any atom is -0.478 e. The van der Waals surface area contributed by atoms with Crippen LogP contribution in [0.1, 0.15) is 92.9 Å². The van der Waals surface area contributed by atoms with Gasteiger partial charge in [-0.25, -0.2) is 9.37 Å². The lowest BCUT2D eigenvalue weighted by Crippen LogP contribution is -2.40. The van der Waals surface area contributed by atoms with Crippen molar-refractivity contribution < 1.29 is 44.3 Å². The van der Waals surface area contributed by atoms with E-state index in [2.05, 4.69) is 47.7 Å². The van der Waals surface area contributed by atoms with Crippen molar-refractivity contribution in [3.63, 3.8) is 0 Å². The summed E-state index contributed by atoms with van der Waals surface area (Å²) in [5.41, 5.74) is 3.94. The quantitative estimate of drug-likeness (QED) is 0.0649. The molecule has 4 aliphatic rings. The number of rotatable bonds is 17. The van der Waals surface area contributed by atoms with E-state index in [0.717, 1.165) is 73.4 Å². The molecule has 0 unspecified atom stereocenters. The van der Waals surface area contributed by atoms with E-state index in [1.165, 1.54) is 6.07 Å². The van der Waals surface area contributed by atoms with Crippen LogP contribution in [0.4, 0.5) is 5.69 Å². The number of unbranched alkanes of at least 4 members (excludes halogenated alkanes) is 3. The van der Waals surface area contributed by atoms with Crippen LogP contribution < -0.4 is 20.1 Å². The number of carbonyl (C=O) groups is 2. The highest BCUT2D eigenvalue weighted by atomic mass is 16.5. The van der Waals surface area contributed by atoms with E-state index >= 15 is 0 Å². The van der Waals surface area contributed by atoms with E-state index < -0.39 is 5.97 Å². The number of carboxylic acids is 1. The first-order chi connectivity index (χ1) is 26.2. The van der Waals surface area contributed by atoms with E-state index in [0.29, 0.717) is 66.5 Å². The fourth-order valence-electron chi connectivity index (χ4n) is 8.31. The van der Waals surface area contributed by atoms with Gasteiger partial charge in [0.25, 0.3) is 5.91 Å². The average molecular weight is 761 g/mol. The van der Waals surface area contributed by atoms with Crippen LogP contribution >= 0.6 is 0 Å². The van der Waals surface area contributed by atoms with Gasteiger partial charge in [-0.1, -0.05) is 12.8 Å². The first kappa shape index (κ1) is 41.8. The first-order valence-electron chi connectivity index (χ1n) is 19.6. The molecule has 4 atom stereocenters. The number of benzene rings is 3. The highest BCUT2D eigenvalue weighted by Gasteiger charge is 2.35. The van der Waals surface area contributed by atoms with Crippen LogP contribution in [0.3, 0.4) is 0 Å². The molecule has 3 aliphatic heterocycles. The normalized spacial score (nSPS) is 20.6. The number of nitrogens with zero attached hydrogens (tertiary/aromatic N) is 2. The number of aromatic carboxylic acids is 1. The van der Waals surface area contributed by atoms with Gasteiger partial charge in [0.2, 0.25) is 5.36 Å². The number of hydrogen-bond donors (Lipinski definition) is 4. The number of carboxylic acid groups (broad SMARTS) is 1. The second kappa shape index (κ2) is 19.5. The Morgan fingerprint density at radius 2 is 1.58 bits per heavy atom. The van der Waals surface area contributed by atoms with Crippen LogP contribution in [-0.2, 0) is 9.47 Å². The molecule has 0 spiro atoms. The van der Waals surface area contributed by atoms with E-state index in [4.69, 9.17) is 19.0 Å². The molecule has 0 bridgehead atoms. The summed E-state index contributed by atoms with van der Waals surface area (Å²) >= 11 is 0. The summed E-state index contributed by atoms with van der Waals surface area (Å²) in [6, 6.07) is 17.8. The van der Waals surface area contributed by atoms with Crippen molar-refractivity contribution in [3.05, 3.63) is 71.1 Å². The largest absolute Gasteiger partial charge is 0.478 e. The lowest BCUT2D eigenvalue weighted by atomic mass is 9.89. The lowest BCUT2D eigenvalue weighted by Gasteiger charge is -2.29. The molecule has 2 aromatic rings. The summed E-state index contributed by atoms with van der Waals surface area (Å²) in [5.74, 6) is -0.825. The molecule has 0 aromatic heterocycles. The molecule has 3 heterocycles. The van der Waals surface area contributed by atoms with Crippen LogP contribution in [-0.4, -0.2) is 103 Å². The van der Waals surface area contributed by atoms with Gasteiger partial charge in [0.1, 0.15) is 18.0 Å². The van der Waals surface area contributed by atoms with Crippen LogP contribution in [0.15, 0.2) is 59.0 Å². The second-order valence-corrected chi connectivity index (χ2v) is 14.9. The van der Waals surface area contributed by atoms with E-state index in [1.807, 2.05) is 24.3 Å². The van der Waals surface area contributed by atoms with Gasteiger partial charge in [0, 0.05) is 84.6 Å². The fraction of sp³-hybridized carbons (Fsp3) is 0.512. The number of ether oxygens (including phenoxy) is 2. The molecule has 1 amide bonds. The molecule has 0 saturated carbocycles. The third kappa shape index (κ3) is 9.56. The van der Waals surface area contributed by atoms with Crippen molar-refractivity contribution in [1.29, 1.82) is 0 Å². The predicted octanol–water partition coefficient (Wildman–Crippen LogP) is 5.09. The maximum atomic E-state index is 13.4. The van der Waals surface area contributed by atoms with Gasteiger partial charge in [-0.3, -0.25) is 4.79 Å². The second-order valence-electron chi connectivity index (χ2n) is 14.9. The lowest BCUT2D eigenvalue weighted by molar-refractivity contribution is 0.0467. The third-order valence-corrected chi connectivity index (χ3v) is 11.1. The number of carbonyl (C=O) groups excluding carboxylic acids is 1. The summed E-state index contributed by atoms with van der Waals surface area (Å²) < 4.78 is 20.2. The highest BCUT2D eigenvalue weighted by Crippen LogP contribution is 2.43. The Morgan fingerprint density at radius 3 is 2.31 bits per heavy atom. The molecule has 6 N–H and O–H groups in total. The topological polar surface area (TPSA) is 176 Å². The van der Waals surface area contributed by atoms with E-state index in [9.17, 15) is 19.8 Å². The van der Waals surface area contributed by atoms with Crippen molar-refractivity contribution in [2.45, 2.75) is 96.3 Å². The molecule has 298 valence electrons. The zero-order valence-corrected chi connectivity index (χ0v) is 32.4. The molecule has 2 aromatic carbocycles. The first-order valence-corrected chi connectivity index (χ1v) is 19.6. The van der Waals surface area contributed by atoms with E-state index in [1.54, 1.807) is 12.1 Å². The van der Waals surface area contributed by atoms with Gasteiger partial charge in [0.05, 0.1) is 31.5 Å². The Kier molecular flexibility index (Phi) is 14.8. The zero-order chi connectivity index (χ0) is 38.2. The molecular weight excluding hydrogens is 702 g/mol. The Bertz CT molecular complexity index is 1950. The Morgan fingerprint density at radius 1 is 0.836 bits per heavy atom. The van der Waals surface area contributed by atoms with Crippen molar-refractivity contribution >= 4 is 28.5 Å². The summed E-state index contributed by atoms with van der Waals surface area (Å²) in [7, 11) is 0. The number of aliphatic hydroxyl groups is 2. The number of aliphatic hydroxyl groups excluding tert-OH is 2. The molecule has 1 aliphatic carbocycles. The van der Waals surface area contributed by atoms with Crippen molar-refractivity contribution in [1.82, 2.24) is 9.89 Å². The number of fused-ring (bicyclic) bond motifs is 2. The number of hydrogen-bond acceptors (Lipinski definition) is 8. The fourth-order valence-corrected chi connectivity index (χ4v) is 8.31. The number of amides is 1. The van der Waals surface area contributed by atoms with Gasteiger partial charge < -0.3 is 44.9 Å². The van der Waals surface area contributed by atoms with E-state index in [-0.39, 0.29) is 48.8 Å². The molecular formula is C43H58N3O9+. The molecule has 0 radical (unpaired) electrons. The Labute approximate surface area is 323 Å². The minimum absolute atomic E-state index is 0. The monoisotopic (exact) mass is 760 g/mol. The molecule has 2 fully saturated rings. The molecule has 55 heavy (non-hydrogen) atoms. The van der Waals surface area contributed by atoms with Crippen molar-refractivity contribution in [2.24, 2.45) is 0 Å². The van der Waals surface area contributed by atoms with Crippen LogP contribution in [0.25, 0.3) is 33.4 Å². The average Bonchev–Trinajstić information content (AvgIpc) is 3.72. The van der Waals surface area contributed by atoms with Crippen LogP contribution in [0.2, 0.25) is 0 Å². The maximum absolute atomic E-state index is 13.4. The summed E-state index contributed by atoms with van der Waals surface area (Å²) in [6.45, 7) is 9.06. The van der Waals surface area contributed by atoms with Gasteiger partial charge in [-0.2, -0.15) is 0 Å². The molecule has 12 heteroatoms. The third-order valence-electron chi connectivity index (χ3n) is 11.1. The SMILES string of the molecule is C[C@@H]1CC[C@H](C)N1c1ccc2c(-c3cc(C(=O)NCCOCCOCCCCCCO)ccc3C(=O)O)c3ccc(=[N+]4[C@H](CO)CC[C@@H]4C)cc-3oc2c1.O. The van der Waals surface area contributed by atoms with Crippen LogP contribution in [0, 0.1) is 0 Å². The predicted molar refractivity (Wildman–Crippen MR) is 214 cm³/mol. The van der Waals surface area contributed by atoms with Crippen molar-refractivity contribution in [2.75, 3.05) is 51.1 Å². The Hall–Kier alpha value is -4.33.